The van der Waals surface area contributed by atoms with Gasteiger partial charge in [0.05, 0.1) is 5.41 Å². The number of hydrogen-bond acceptors (Lipinski definition) is 2. The highest BCUT2D eigenvalue weighted by atomic mass is 16.4. The summed E-state index contributed by atoms with van der Waals surface area (Å²) in [6, 6.07) is -0.107. The van der Waals surface area contributed by atoms with Crippen LogP contribution in [0.15, 0.2) is 0 Å². The number of rotatable bonds is 5. The SMILES string of the molecule is CCN(C(=O)NCC(C)(C)C(=O)O)C(C)C. The molecule has 0 saturated heterocycles. The molecule has 0 fully saturated rings. The second-order valence-corrected chi connectivity index (χ2v) is 4.73. The monoisotopic (exact) mass is 230 g/mol. The zero-order chi connectivity index (χ0) is 12.9. The van der Waals surface area contributed by atoms with E-state index in [0.717, 1.165) is 0 Å². The predicted octanol–water partition coefficient (Wildman–Crippen LogP) is 1.54. The van der Waals surface area contributed by atoms with Crippen LogP contribution in [0.25, 0.3) is 0 Å². The Morgan fingerprint density at radius 2 is 1.88 bits per heavy atom. The van der Waals surface area contributed by atoms with E-state index >= 15 is 0 Å². The van der Waals surface area contributed by atoms with E-state index in [1.807, 2.05) is 20.8 Å². The van der Waals surface area contributed by atoms with Crippen LogP contribution in [0.5, 0.6) is 0 Å². The minimum absolute atomic E-state index is 0.109. The number of amides is 2. The Hall–Kier alpha value is -1.26. The molecule has 0 aromatic carbocycles. The van der Waals surface area contributed by atoms with Gasteiger partial charge in [-0.05, 0) is 34.6 Å². The molecule has 0 aliphatic carbocycles. The molecule has 0 bridgehead atoms. The summed E-state index contributed by atoms with van der Waals surface area (Å²) >= 11 is 0. The van der Waals surface area contributed by atoms with Crippen LogP contribution >= 0.6 is 0 Å². The lowest BCUT2D eigenvalue weighted by Crippen LogP contribution is -2.47. The average molecular weight is 230 g/mol. The van der Waals surface area contributed by atoms with Gasteiger partial charge in [0.25, 0.3) is 0 Å². The number of carboxylic acids is 1. The molecule has 0 aromatic rings. The summed E-state index contributed by atoms with van der Waals surface area (Å²) in [5.74, 6) is -0.916. The van der Waals surface area contributed by atoms with Gasteiger partial charge in [-0.3, -0.25) is 4.79 Å². The molecular weight excluding hydrogens is 208 g/mol. The van der Waals surface area contributed by atoms with Crippen LogP contribution in [-0.4, -0.2) is 41.1 Å². The van der Waals surface area contributed by atoms with E-state index in [9.17, 15) is 9.59 Å². The van der Waals surface area contributed by atoms with Gasteiger partial charge in [0.15, 0.2) is 0 Å². The van der Waals surface area contributed by atoms with Crippen molar-refractivity contribution in [1.29, 1.82) is 0 Å². The highest BCUT2D eigenvalue weighted by Gasteiger charge is 2.28. The van der Waals surface area contributed by atoms with Gasteiger partial charge in [-0.15, -0.1) is 0 Å². The van der Waals surface area contributed by atoms with E-state index in [2.05, 4.69) is 5.32 Å². The Morgan fingerprint density at radius 3 is 2.19 bits per heavy atom. The van der Waals surface area contributed by atoms with Gasteiger partial charge in [0, 0.05) is 19.1 Å². The summed E-state index contributed by atoms with van der Waals surface area (Å²) in [6.45, 7) is 9.64. The zero-order valence-electron chi connectivity index (χ0n) is 10.7. The molecule has 16 heavy (non-hydrogen) atoms. The number of carboxylic acid groups (broad SMARTS) is 1. The first-order valence-corrected chi connectivity index (χ1v) is 5.50. The molecule has 0 aromatic heterocycles. The van der Waals surface area contributed by atoms with E-state index in [1.54, 1.807) is 18.7 Å². The summed E-state index contributed by atoms with van der Waals surface area (Å²) < 4.78 is 0. The van der Waals surface area contributed by atoms with Gasteiger partial charge in [-0.1, -0.05) is 0 Å². The van der Waals surface area contributed by atoms with Crippen molar-refractivity contribution >= 4 is 12.0 Å². The zero-order valence-corrected chi connectivity index (χ0v) is 10.7. The Labute approximate surface area is 96.8 Å². The average Bonchev–Trinajstić information content (AvgIpc) is 2.15. The minimum Gasteiger partial charge on any atom is -0.481 e. The maximum Gasteiger partial charge on any atom is 0.317 e. The molecule has 0 spiro atoms. The Bertz CT molecular complexity index is 262. The smallest absolute Gasteiger partial charge is 0.317 e. The summed E-state index contributed by atoms with van der Waals surface area (Å²) in [7, 11) is 0. The Morgan fingerprint density at radius 1 is 1.38 bits per heavy atom. The second-order valence-electron chi connectivity index (χ2n) is 4.73. The lowest BCUT2D eigenvalue weighted by molar-refractivity contribution is -0.146. The first-order valence-electron chi connectivity index (χ1n) is 5.50. The molecule has 0 radical (unpaired) electrons. The fourth-order valence-corrected chi connectivity index (χ4v) is 1.22. The summed E-state index contributed by atoms with van der Waals surface area (Å²) in [5.41, 5.74) is -0.938. The maximum atomic E-state index is 11.7. The van der Waals surface area contributed by atoms with Crippen LogP contribution in [0.1, 0.15) is 34.6 Å². The van der Waals surface area contributed by atoms with Crippen LogP contribution in [0, 0.1) is 5.41 Å². The molecule has 0 rings (SSSR count). The van der Waals surface area contributed by atoms with Crippen molar-refractivity contribution in [2.45, 2.75) is 40.7 Å². The molecule has 5 nitrogen and oxygen atoms in total. The lowest BCUT2D eigenvalue weighted by Gasteiger charge is -2.27. The first-order chi connectivity index (χ1) is 7.22. The van der Waals surface area contributed by atoms with Crippen molar-refractivity contribution in [3.8, 4) is 0 Å². The van der Waals surface area contributed by atoms with E-state index in [4.69, 9.17) is 5.11 Å². The highest BCUT2D eigenvalue weighted by molar-refractivity contribution is 5.77. The van der Waals surface area contributed by atoms with Crippen LogP contribution in [0.3, 0.4) is 0 Å². The predicted molar refractivity (Wildman–Crippen MR) is 62.3 cm³/mol. The summed E-state index contributed by atoms with van der Waals surface area (Å²) in [5, 5.41) is 11.5. The third kappa shape index (κ3) is 4.08. The van der Waals surface area contributed by atoms with Gasteiger partial charge in [-0.2, -0.15) is 0 Å². The number of urea groups is 1. The molecule has 0 heterocycles. The van der Waals surface area contributed by atoms with Gasteiger partial charge in [0.2, 0.25) is 0 Å². The third-order valence-electron chi connectivity index (χ3n) is 2.49. The molecule has 0 saturated carbocycles. The van der Waals surface area contributed by atoms with Gasteiger partial charge < -0.3 is 15.3 Å². The molecular formula is C11H22N2O3. The first kappa shape index (κ1) is 14.7. The summed E-state index contributed by atoms with van der Waals surface area (Å²) in [4.78, 5) is 24.2. The highest BCUT2D eigenvalue weighted by Crippen LogP contribution is 2.13. The number of aliphatic carboxylic acids is 1. The van der Waals surface area contributed by atoms with Crippen molar-refractivity contribution in [2.24, 2.45) is 5.41 Å². The van der Waals surface area contributed by atoms with Crippen LogP contribution in [0.4, 0.5) is 4.79 Å². The van der Waals surface area contributed by atoms with E-state index < -0.39 is 11.4 Å². The van der Waals surface area contributed by atoms with E-state index in [1.165, 1.54) is 0 Å². The van der Waals surface area contributed by atoms with Gasteiger partial charge >= 0.3 is 12.0 Å². The topological polar surface area (TPSA) is 69.6 Å². The molecule has 0 aliphatic rings. The lowest BCUT2D eigenvalue weighted by atomic mass is 9.94. The number of nitrogens with zero attached hydrogens (tertiary/aromatic N) is 1. The Kier molecular flexibility index (Phi) is 5.27. The number of hydrogen-bond donors (Lipinski definition) is 2. The van der Waals surface area contributed by atoms with Gasteiger partial charge in [-0.25, -0.2) is 4.79 Å². The Balaban J connectivity index is 4.31. The third-order valence-corrected chi connectivity index (χ3v) is 2.49. The molecule has 2 amide bonds. The quantitative estimate of drug-likeness (QED) is 0.752. The fourth-order valence-electron chi connectivity index (χ4n) is 1.22. The molecule has 94 valence electrons. The second kappa shape index (κ2) is 5.72. The number of carbonyl (C=O) groups excluding carboxylic acids is 1. The van der Waals surface area contributed by atoms with E-state index in [-0.39, 0.29) is 18.6 Å². The van der Waals surface area contributed by atoms with Crippen LogP contribution in [0.2, 0.25) is 0 Å². The molecule has 0 unspecified atom stereocenters. The minimum atomic E-state index is -0.938. The van der Waals surface area contributed by atoms with Crippen molar-refractivity contribution in [2.75, 3.05) is 13.1 Å². The standard InChI is InChI=1S/C11H22N2O3/c1-6-13(8(2)3)10(16)12-7-11(4,5)9(14)15/h8H,6-7H2,1-5H3,(H,12,16)(H,14,15). The van der Waals surface area contributed by atoms with E-state index in [0.29, 0.717) is 6.54 Å². The van der Waals surface area contributed by atoms with Crippen LogP contribution in [-0.2, 0) is 4.79 Å². The maximum absolute atomic E-state index is 11.7. The fraction of sp³-hybridized carbons (Fsp3) is 0.818. The summed E-state index contributed by atoms with van der Waals surface area (Å²) in [6.07, 6.45) is 0. The van der Waals surface area contributed by atoms with Crippen molar-refractivity contribution < 1.29 is 14.7 Å². The van der Waals surface area contributed by atoms with Crippen molar-refractivity contribution in [1.82, 2.24) is 10.2 Å². The number of nitrogens with one attached hydrogen (secondary N) is 1. The van der Waals surface area contributed by atoms with Crippen LogP contribution < -0.4 is 5.32 Å². The normalized spacial score (nSPS) is 11.4. The van der Waals surface area contributed by atoms with Gasteiger partial charge in [0.1, 0.15) is 0 Å². The molecule has 0 aliphatic heterocycles. The van der Waals surface area contributed by atoms with Crippen molar-refractivity contribution in [3.63, 3.8) is 0 Å². The molecule has 5 heteroatoms. The van der Waals surface area contributed by atoms with Crippen molar-refractivity contribution in [3.05, 3.63) is 0 Å². The molecule has 0 atom stereocenters. The largest absolute Gasteiger partial charge is 0.481 e. The molecule has 2 N–H and O–H groups in total. The number of carbonyl (C=O) groups is 2.